The van der Waals surface area contributed by atoms with E-state index in [9.17, 15) is 0 Å². The number of hydrogen-bond donors (Lipinski definition) is 1. The first kappa shape index (κ1) is 43.6. The fourth-order valence-electron chi connectivity index (χ4n) is 11.4. The average Bonchev–Trinajstić information content (AvgIpc) is 4.10. The summed E-state index contributed by atoms with van der Waals surface area (Å²) < 4.78 is 12.7. The van der Waals surface area contributed by atoms with E-state index in [2.05, 4.69) is 199 Å². The van der Waals surface area contributed by atoms with E-state index in [4.69, 9.17) is 29.1 Å². The fourth-order valence-corrected chi connectivity index (χ4v) is 11.4. The lowest BCUT2D eigenvalue weighted by Crippen LogP contribution is -2.33. The quantitative estimate of drug-likeness (QED) is 0.153. The molecule has 1 N–H and O–H groups in total. The highest BCUT2D eigenvalue weighted by atomic mass is 16.5. The van der Waals surface area contributed by atoms with Crippen molar-refractivity contribution in [3.8, 4) is 50.4 Å². The number of amidine groups is 2. The summed E-state index contributed by atoms with van der Waals surface area (Å²) in [5.41, 5.74) is 18.5. The molecule has 5 heterocycles. The molecule has 358 valence electrons. The SMILES string of the molecule is C1=CC2Oc3ccccc3C2C(c2cc(-c3ccc(-c4ccc(C5=NC(c6ccc7oc8ccccc8c7c6)NC(c6ccccc6)=N5)cc4)cc3)cc(-c3cc(-c4ccccc4)c4ccc5cccnc5c4n3)c2)=C1. The van der Waals surface area contributed by atoms with Gasteiger partial charge in [0.05, 0.1) is 22.6 Å². The molecule has 1 aliphatic carbocycles. The minimum atomic E-state index is -0.360. The van der Waals surface area contributed by atoms with Gasteiger partial charge in [0, 0.05) is 50.0 Å². The molecular formula is C69H45N5O2. The Hall–Kier alpha value is -9.98. The van der Waals surface area contributed by atoms with Gasteiger partial charge in [-0.15, -0.1) is 0 Å². The van der Waals surface area contributed by atoms with Crippen LogP contribution in [0.25, 0.3) is 94.0 Å². The smallest absolute Gasteiger partial charge is 0.159 e. The van der Waals surface area contributed by atoms with Crippen LogP contribution in [0.15, 0.2) is 263 Å². The van der Waals surface area contributed by atoms with Crippen LogP contribution < -0.4 is 10.1 Å². The summed E-state index contributed by atoms with van der Waals surface area (Å²) in [7, 11) is 0. The Kier molecular flexibility index (Phi) is 10.3. The van der Waals surface area contributed by atoms with Crippen LogP contribution in [-0.2, 0) is 0 Å². The number of nitrogens with zero attached hydrogens (tertiary/aromatic N) is 4. The van der Waals surface area contributed by atoms with E-state index in [1.807, 2.05) is 54.7 Å². The number of hydrogen-bond acceptors (Lipinski definition) is 7. The van der Waals surface area contributed by atoms with Crippen LogP contribution in [0.3, 0.4) is 0 Å². The zero-order valence-corrected chi connectivity index (χ0v) is 41.0. The molecule has 0 bridgehead atoms. The number of para-hydroxylation sites is 2. The zero-order chi connectivity index (χ0) is 50.1. The van der Waals surface area contributed by atoms with Crippen molar-refractivity contribution in [3.63, 3.8) is 0 Å². The molecule has 0 radical (unpaired) electrons. The number of nitrogens with one attached hydrogen (secondary N) is 1. The summed E-state index contributed by atoms with van der Waals surface area (Å²) in [5.74, 6) is 2.43. The Morgan fingerprint density at radius 1 is 0.474 bits per heavy atom. The number of fused-ring (bicyclic) bond motifs is 9. The van der Waals surface area contributed by atoms with E-state index >= 15 is 0 Å². The number of furan rings is 1. The number of ether oxygens (including phenoxy) is 1. The van der Waals surface area contributed by atoms with Crippen molar-refractivity contribution in [2.75, 3.05) is 0 Å². The van der Waals surface area contributed by atoms with E-state index in [0.29, 0.717) is 5.84 Å². The van der Waals surface area contributed by atoms with Crippen molar-refractivity contribution in [3.05, 3.63) is 277 Å². The molecule has 3 unspecified atom stereocenters. The monoisotopic (exact) mass is 975 g/mol. The van der Waals surface area contributed by atoms with Gasteiger partial charge < -0.3 is 14.5 Å². The summed E-state index contributed by atoms with van der Waals surface area (Å²) >= 11 is 0. The number of benzene rings is 9. The third-order valence-electron chi connectivity index (χ3n) is 15.2. The third kappa shape index (κ3) is 7.59. The van der Waals surface area contributed by atoms with Crippen molar-refractivity contribution in [1.82, 2.24) is 15.3 Å². The Bertz CT molecular complexity index is 4400. The van der Waals surface area contributed by atoms with Crippen molar-refractivity contribution in [1.29, 1.82) is 0 Å². The maximum Gasteiger partial charge on any atom is 0.159 e. The van der Waals surface area contributed by atoms with Gasteiger partial charge in [-0.25, -0.2) is 15.0 Å². The van der Waals surface area contributed by atoms with E-state index in [1.165, 1.54) is 11.1 Å². The molecule has 0 fully saturated rings. The normalized spacial score (nSPS) is 16.7. The predicted molar refractivity (Wildman–Crippen MR) is 309 cm³/mol. The van der Waals surface area contributed by atoms with Crippen LogP contribution in [0.2, 0.25) is 0 Å². The highest BCUT2D eigenvalue weighted by Crippen LogP contribution is 2.49. The van der Waals surface area contributed by atoms with Crippen molar-refractivity contribution >= 4 is 61.0 Å². The van der Waals surface area contributed by atoms with Crippen LogP contribution in [0.1, 0.15) is 39.9 Å². The Balaban J connectivity index is 0.806. The maximum atomic E-state index is 6.55. The molecule has 0 amide bonds. The predicted octanol–water partition coefficient (Wildman–Crippen LogP) is 16.3. The maximum absolute atomic E-state index is 6.55. The zero-order valence-electron chi connectivity index (χ0n) is 41.0. The highest BCUT2D eigenvalue weighted by Gasteiger charge is 2.37. The second kappa shape index (κ2) is 17.9. The average molecular weight is 976 g/mol. The van der Waals surface area contributed by atoms with Gasteiger partial charge in [0.1, 0.15) is 35.0 Å². The van der Waals surface area contributed by atoms with Crippen LogP contribution >= 0.6 is 0 Å². The molecule has 0 saturated heterocycles. The summed E-state index contributed by atoms with van der Waals surface area (Å²) in [6.45, 7) is 0. The van der Waals surface area contributed by atoms with Gasteiger partial charge >= 0.3 is 0 Å². The molecule has 0 saturated carbocycles. The number of pyridine rings is 2. The lowest BCUT2D eigenvalue weighted by Gasteiger charge is -2.24. The van der Waals surface area contributed by atoms with Crippen LogP contribution in [0.5, 0.6) is 5.75 Å². The van der Waals surface area contributed by atoms with Gasteiger partial charge in [0.15, 0.2) is 5.84 Å². The molecule has 12 aromatic rings. The highest BCUT2D eigenvalue weighted by molar-refractivity contribution is 6.13. The van der Waals surface area contributed by atoms with Gasteiger partial charge in [-0.05, 0) is 111 Å². The van der Waals surface area contributed by atoms with Crippen molar-refractivity contribution in [2.24, 2.45) is 9.98 Å². The van der Waals surface area contributed by atoms with Gasteiger partial charge in [-0.1, -0.05) is 182 Å². The minimum absolute atomic E-state index is 0.0526. The van der Waals surface area contributed by atoms with E-state index in [-0.39, 0.29) is 18.2 Å². The molecular weight excluding hydrogens is 931 g/mol. The molecule has 3 aromatic heterocycles. The molecule has 3 atom stereocenters. The topological polar surface area (TPSA) is 84.9 Å². The molecule has 15 rings (SSSR count). The van der Waals surface area contributed by atoms with Gasteiger partial charge in [0.25, 0.3) is 0 Å². The van der Waals surface area contributed by atoms with Crippen LogP contribution in [0.4, 0.5) is 0 Å². The van der Waals surface area contributed by atoms with E-state index < -0.39 is 0 Å². The fraction of sp³-hybridized carbons (Fsp3) is 0.0435. The number of rotatable bonds is 8. The second-order valence-corrected chi connectivity index (χ2v) is 19.7. The summed E-state index contributed by atoms with van der Waals surface area (Å²) in [6, 6.07) is 78.9. The number of aromatic nitrogens is 2. The Labute approximate surface area is 438 Å². The van der Waals surface area contributed by atoms with Gasteiger partial charge in [-0.3, -0.25) is 4.98 Å². The second-order valence-electron chi connectivity index (χ2n) is 19.7. The molecule has 3 aliphatic rings. The molecule has 7 nitrogen and oxygen atoms in total. The largest absolute Gasteiger partial charge is 0.485 e. The lowest BCUT2D eigenvalue weighted by molar-refractivity contribution is 0.271. The summed E-state index contributed by atoms with van der Waals surface area (Å²) in [4.78, 5) is 20.7. The molecule has 2 aliphatic heterocycles. The Morgan fingerprint density at radius 2 is 1.17 bits per heavy atom. The molecule has 0 spiro atoms. The van der Waals surface area contributed by atoms with E-state index in [1.54, 1.807) is 0 Å². The van der Waals surface area contributed by atoms with E-state index in [0.717, 1.165) is 122 Å². The standard InChI is InChI=1S/C69H45N5O2/c1-3-13-45(14-4-1)57-41-59(71-66-55(57)34-32-46-17-12-36-70-65(46)66)52-38-50(37-51(39-52)53-20-11-23-63-64(53)56-19-8-10-22-61(56)76-63)44-26-24-42(25-27-44)43-28-30-48(31-29-43)68-72-67(47-15-5-2-6-16-47)73-69(74-68)49-33-35-62-58(40-49)54-18-7-9-21-60(54)75-62/h1-41,63-64,69H,(H,72,73,74). The van der Waals surface area contributed by atoms with Gasteiger partial charge in [0.2, 0.25) is 0 Å². The third-order valence-corrected chi connectivity index (χ3v) is 15.2. The van der Waals surface area contributed by atoms with Crippen LogP contribution in [-0.4, -0.2) is 27.7 Å². The lowest BCUT2D eigenvalue weighted by atomic mass is 9.80. The minimum Gasteiger partial charge on any atom is -0.485 e. The van der Waals surface area contributed by atoms with Crippen LogP contribution in [0, 0.1) is 0 Å². The molecule has 7 heteroatoms. The summed E-state index contributed by atoms with van der Waals surface area (Å²) in [5, 5.41) is 7.90. The van der Waals surface area contributed by atoms with Crippen molar-refractivity contribution < 1.29 is 9.15 Å². The first-order valence-corrected chi connectivity index (χ1v) is 25.8. The van der Waals surface area contributed by atoms with Crippen molar-refractivity contribution in [2.45, 2.75) is 18.2 Å². The number of aliphatic imine (C=N–C) groups is 2. The first-order valence-electron chi connectivity index (χ1n) is 25.8. The number of allylic oxidation sites excluding steroid dienone is 2. The summed E-state index contributed by atoms with van der Waals surface area (Å²) in [6.07, 6.45) is 7.99. The molecule has 76 heavy (non-hydrogen) atoms. The Morgan fingerprint density at radius 3 is 2.00 bits per heavy atom. The molecule has 9 aromatic carbocycles. The first-order chi connectivity index (χ1) is 37.6. The van der Waals surface area contributed by atoms with Gasteiger partial charge in [-0.2, -0.15) is 0 Å².